The van der Waals surface area contributed by atoms with E-state index < -0.39 is 0 Å². The van der Waals surface area contributed by atoms with Gasteiger partial charge in [0.25, 0.3) is 0 Å². The molecular formula is C11H18N2S2. The smallest absolute Gasteiger partial charge is 0.112 e. The van der Waals surface area contributed by atoms with Crippen molar-refractivity contribution in [2.75, 3.05) is 11.5 Å². The summed E-state index contributed by atoms with van der Waals surface area (Å²) in [6.07, 6.45) is 4.47. The van der Waals surface area contributed by atoms with Crippen molar-refractivity contribution >= 4 is 23.1 Å². The van der Waals surface area contributed by atoms with E-state index in [0.29, 0.717) is 6.04 Å². The van der Waals surface area contributed by atoms with E-state index in [-0.39, 0.29) is 5.54 Å². The van der Waals surface area contributed by atoms with Gasteiger partial charge < -0.3 is 5.32 Å². The second-order valence-electron chi connectivity index (χ2n) is 4.49. The van der Waals surface area contributed by atoms with Crippen LogP contribution in [0, 0.1) is 0 Å². The fourth-order valence-corrected chi connectivity index (χ4v) is 3.78. The number of aromatic nitrogens is 1. The van der Waals surface area contributed by atoms with Crippen LogP contribution < -0.4 is 5.32 Å². The largest absolute Gasteiger partial charge is 0.303 e. The van der Waals surface area contributed by atoms with Crippen LogP contribution in [0.4, 0.5) is 0 Å². The first kappa shape index (κ1) is 11.4. The summed E-state index contributed by atoms with van der Waals surface area (Å²) in [5.41, 5.74) is 0.0286. The molecule has 0 unspecified atom stereocenters. The van der Waals surface area contributed by atoms with Gasteiger partial charge in [-0.15, -0.1) is 11.3 Å². The molecule has 15 heavy (non-hydrogen) atoms. The molecule has 0 saturated carbocycles. The van der Waals surface area contributed by atoms with Gasteiger partial charge in [-0.2, -0.15) is 11.8 Å². The van der Waals surface area contributed by atoms with Crippen molar-refractivity contribution in [2.45, 2.75) is 38.3 Å². The van der Waals surface area contributed by atoms with Crippen LogP contribution in [0.25, 0.3) is 0 Å². The zero-order valence-electron chi connectivity index (χ0n) is 9.32. The summed E-state index contributed by atoms with van der Waals surface area (Å²) in [5, 5.41) is 6.98. The van der Waals surface area contributed by atoms with E-state index in [1.165, 1.54) is 29.4 Å². The monoisotopic (exact) mass is 242 g/mol. The van der Waals surface area contributed by atoms with Crippen LogP contribution in [0.1, 0.15) is 31.7 Å². The van der Waals surface area contributed by atoms with E-state index in [9.17, 15) is 0 Å². The summed E-state index contributed by atoms with van der Waals surface area (Å²) < 4.78 is 0. The molecule has 1 N–H and O–H groups in total. The van der Waals surface area contributed by atoms with Crippen molar-refractivity contribution in [3.05, 3.63) is 16.6 Å². The van der Waals surface area contributed by atoms with Gasteiger partial charge in [0.05, 0.1) is 5.54 Å². The van der Waals surface area contributed by atoms with Gasteiger partial charge in [0.15, 0.2) is 0 Å². The van der Waals surface area contributed by atoms with Crippen LogP contribution >= 0.6 is 23.1 Å². The first-order valence-corrected chi connectivity index (χ1v) is 7.47. The van der Waals surface area contributed by atoms with Crippen LogP contribution in [0.5, 0.6) is 0 Å². The number of nitrogens with zero attached hydrogens (tertiary/aromatic N) is 1. The highest BCUT2D eigenvalue weighted by molar-refractivity contribution is 7.99. The molecule has 1 saturated heterocycles. The van der Waals surface area contributed by atoms with Crippen LogP contribution in [0.2, 0.25) is 0 Å². The number of hydrogen-bond donors (Lipinski definition) is 1. The first-order valence-electron chi connectivity index (χ1n) is 5.44. The fourth-order valence-electron chi connectivity index (χ4n) is 1.95. The maximum absolute atomic E-state index is 4.40. The molecule has 0 spiro atoms. The van der Waals surface area contributed by atoms with Gasteiger partial charge in [-0.05, 0) is 38.2 Å². The van der Waals surface area contributed by atoms with Crippen molar-refractivity contribution in [1.82, 2.24) is 10.3 Å². The normalized spacial score (nSPS) is 19.3. The predicted molar refractivity (Wildman–Crippen MR) is 68.6 cm³/mol. The molecule has 2 rings (SSSR count). The molecule has 1 aromatic heterocycles. The SMILES string of the molecule is CC(C)(NC1CCSCC1)c1nccs1. The lowest BCUT2D eigenvalue weighted by molar-refractivity contribution is 0.326. The maximum Gasteiger partial charge on any atom is 0.112 e. The average molecular weight is 242 g/mol. The lowest BCUT2D eigenvalue weighted by Gasteiger charge is -2.32. The summed E-state index contributed by atoms with van der Waals surface area (Å²) in [5.74, 6) is 2.59. The van der Waals surface area contributed by atoms with E-state index in [0.717, 1.165) is 0 Å². The quantitative estimate of drug-likeness (QED) is 0.882. The number of thiazole rings is 1. The van der Waals surface area contributed by atoms with Crippen LogP contribution in [-0.2, 0) is 5.54 Å². The molecule has 0 bridgehead atoms. The van der Waals surface area contributed by atoms with Crippen LogP contribution in [0.3, 0.4) is 0 Å². The van der Waals surface area contributed by atoms with Gasteiger partial charge in [0.2, 0.25) is 0 Å². The number of rotatable bonds is 3. The summed E-state index contributed by atoms with van der Waals surface area (Å²) in [6.45, 7) is 4.46. The highest BCUT2D eigenvalue weighted by Gasteiger charge is 2.27. The van der Waals surface area contributed by atoms with Crippen LogP contribution in [-0.4, -0.2) is 22.5 Å². The summed E-state index contributed by atoms with van der Waals surface area (Å²) in [7, 11) is 0. The standard InChI is InChI=1S/C11H18N2S2/c1-11(2,10-12-5-8-15-10)13-9-3-6-14-7-4-9/h5,8-9,13H,3-4,6-7H2,1-2H3. The third-order valence-electron chi connectivity index (χ3n) is 2.75. The molecule has 0 atom stereocenters. The van der Waals surface area contributed by atoms with Crippen molar-refractivity contribution in [3.8, 4) is 0 Å². The molecule has 0 aliphatic carbocycles. The van der Waals surface area contributed by atoms with Crippen molar-refractivity contribution in [1.29, 1.82) is 0 Å². The molecule has 1 aromatic rings. The molecule has 4 heteroatoms. The van der Waals surface area contributed by atoms with Crippen molar-refractivity contribution < 1.29 is 0 Å². The average Bonchev–Trinajstić information content (AvgIpc) is 2.71. The highest BCUT2D eigenvalue weighted by atomic mass is 32.2. The van der Waals surface area contributed by atoms with Crippen molar-refractivity contribution in [3.63, 3.8) is 0 Å². The Morgan fingerprint density at radius 1 is 1.40 bits per heavy atom. The Balaban J connectivity index is 1.97. The maximum atomic E-state index is 4.40. The van der Waals surface area contributed by atoms with Gasteiger partial charge in [-0.1, -0.05) is 0 Å². The van der Waals surface area contributed by atoms with E-state index in [1.54, 1.807) is 11.3 Å². The Hall–Kier alpha value is -0.0600. The van der Waals surface area contributed by atoms with E-state index >= 15 is 0 Å². The Morgan fingerprint density at radius 2 is 2.13 bits per heavy atom. The lowest BCUT2D eigenvalue weighted by atomic mass is 10.0. The molecule has 84 valence electrons. The number of nitrogens with one attached hydrogen (secondary N) is 1. The number of hydrogen-bond acceptors (Lipinski definition) is 4. The molecule has 1 fully saturated rings. The molecule has 1 aliphatic heterocycles. The number of thioether (sulfide) groups is 1. The third-order valence-corrected chi connectivity index (χ3v) is 4.90. The molecule has 1 aliphatic rings. The fraction of sp³-hybridized carbons (Fsp3) is 0.727. The molecule has 2 nitrogen and oxygen atoms in total. The summed E-state index contributed by atoms with van der Waals surface area (Å²) in [4.78, 5) is 4.40. The third kappa shape index (κ3) is 2.95. The van der Waals surface area contributed by atoms with Crippen LogP contribution in [0.15, 0.2) is 11.6 Å². The van der Waals surface area contributed by atoms with Gasteiger partial charge >= 0.3 is 0 Å². The van der Waals surface area contributed by atoms with Crippen molar-refractivity contribution in [2.24, 2.45) is 0 Å². The van der Waals surface area contributed by atoms with Gasteiger partial charge in [0.1, 0.15) is 5.01 Å². The Bertz CT molecular complexity index is 290. The van der Waals surface area contributed by atoms with Gasteiger partial charge in [-0.3, -0.25) is 0 Å². The van der Waals surface area contributed by atoms with E-state index in [2.05, 4.69) is 41.3 Å². The van der Waals surface area contributed by atoms with Gasteiger partial charge in [-0.25, -0.2) is 4.98 Å². The highest BCUT2D eigenvalue weighted by Crippen LogP contribution is 2.26. The Morgan fingerprint density at radius 3 is 2.73 bits per heavy atom. The molecule has 0 amide bonds. The Kier molecular flexibility index (Phi) is 3.69. The zero-order chi connectivity index (χ0) is 10.7. The second kappa shape index (κ2) is 4.85. The molecular weight excluding hydrogens is 224 g/mol. The zero-order valence-corrected chi connectivity index (χ0v) is 11.0. The first-order chi connectivity index (χ1) is 7.18. The minimum absolute atomic E-state index is 0.0286. The predicted octanol–water partition coefficient (Wildman–Crippen LogP) is 2.86. The second-order valence-corrected chi connectivity index (χ2v) is 6.61. The minimum atomic E-state index is 0.0286. The van der Waals surface area contributed by atoms with E-state index in [1.807, 2.05) is 6.20 Å². The van der Waals surface area contributed by atoms with Gasteiger partial charge in [0, 0.05) is 17.6 Å². The van der Waals surface area contributed by atoms with E-state index in [4.69, 9.17) is 0 Å². The Labute approximate surface area is 99.9 Å². The summed E-state index contributed by atoms with van der Waals surface area (Å²) in [6, 6.07) is 0.671. The summed E-state index contributed by atoms with van der Waals surface area (Å²) >= 11 is 3.81. The molecule has 0 aromatic carbocycles. The minimum Gasteiger partial charge on any atom is -0.303 e. The lowest BCUT2D eigenvalue weighted by Crippen LogP contribution is -2.45. The molecule has 0 radical (unpaired) electrons. The topological polar surface area (TPSA) is 24.9 Å². The molecule has 2 heterocycles.